The third-order valence-electron chi connectivity index (χ3n) is 11.1. The number of unbranched alkanes of at least 4 members (excludes halogenated alkanes) is 2. The van der Waals surface area contributed by atoms with E-state index in [9.17, 15) is 19.5 Å². The van der Waals surface area contributed by atoms with Crippen LogP contribution in [-0.2, 0) is 14.4 Å². The van der Waals surface area contributed by atoms with Gasteiger partial charge in [0.15, 0.2) is 0 Å². The third-order valence-corrected chi connectivity index (χ3v) is 12.1. The van der Waals surface area contributed by atoms with E-state index in [2.05, 4.69) is 23.9 Å². The number of carboxylic acids is 1. The predicted octanol–water partition coefficient (Wildman–Crippen LogP) is 7.46. The van der Waals surface area contributed by atoms with Crippen LogP contribution in [0.5, 0.6) is 11.5 Å². The van der Waals surface area contributed by atoms with Gasteiger partial charge in [0, 0.05) is 47.8 Å². The summed E-state index contributed by atoms with van der Waals surface area (Å²) in [7, 11) is 3.40. The van der Waals surface area contributed by atoms with Gasteiger partial charge in [-0.3, -0.25) is 9.59 Å². The van der Waals surface area contributed by atoms with Crippen LogP contribution in [0, 0.1) is 24.7 Å². The molecule has 51 heavy (non-hydrogen) atoms. The van der Waals surface area contributed by atoms with E-state index in [-0.39, 0.29) is 24.7 Å². The lowest BCUT2D eigenvalue weighted by Gasteiger charge is -2.25. The fourth-order valence-corrected chi connectivity index (χ4v) is 8.95. The van der Waals surface area contributed by atoms with Crippen molar-refractivity contribution >= 4 is 40.0 Å². The Morgan fingerprint density at radius 2 is 1.84 bits per heavy atom. The second-order valence-electron chi connectivity index (χ2n) is 14.5. The van der Waals surface area contributed by atoms with Crippen LogP contribution in [0.2, 0.25) is 0 Å². The van der Waals surface area contributed by atoms with Crippen molar-refractivity contribution in [1.29, 1.82) is 0 Å². The lowest BCUT2D eigenvalue weighted by Crippen LogP contribution is -2.49. The molecule has 11 heteroatoms. The number of hydrogen-bond acceptors (Lipinski definition) is 8. The van der Waals surface area contributed by atoms with Crippen LogP contribution in [0.25, 0.3) is 22.3 Å². The molecule has 2 amide bonds. The van der Waals surface area contributed by atoms with Gasteiger partial charge in [0.05, 0.1) is 40.9 Å². The first-order valence-electron chi connectivity index (χ1n) is 18.2. The van der Waals surface area contributed by atoms with E-state index in [1.807, 2.05) is 31.2 Å². The lowest BCUT2D eigenvalue weighted by atomic mass is 9.90. The zero-order chi connectivity index (χ0) is 36.3. The Bertz CT molecular complexity index is 1800. The number of carbonyl (C=O) groups is 3. The molecule has 3 aliphatic rings. The Morgan fingerprint density at radius 3 is 2.53 bits per heavy atom. The SMILES string of the molecule is C=CCCCCN(C)C(=O)C1CC(Oc2cc(-c3csc(C4CCCCC4)n3)nc3c(C)c(OC)ccc23)CC1C(=O)NC1(C(=O)O)CC1C=C. The minimum absolute atomic E-state index is 0.140. The molecule has 0 aliphatic heterocycles. The quantitative estimate of drug-likeness (QED) is 0.123. The molecule has 5 atom stereocenters. The van der Waals surface area contributed by atoms with E-state index in [0.29, 0.717) is 36.1 Å². The van der Waals surface area contributed by atoms with Crippen LogP contribution < -0.4 is 14.8 Å². The van der Waals surface area contributed by atoms with Crippen molar-refractivity contribution in [3.05, 3.63) is 59.5 Å². The third kappa shape index (κ3) is 7.54. The summed E-state index contributed by atoms with van der Waals surface area (Å²) >= 11 is 1.68. The number of aliphatic carboxylic acids is 1. The Balaban J connectivity index is 1.31. The first kappa shape index (κ1) is 36.5. The smallest absolute Gasteiger partial charge is 0.330 e. The number of rotatable bonds is 15. The van der Waals surface area contributed by atoms with Crippen LogP contribution in [-0.4, -0.2) is 70.1 Å². The van der Waals surface area contributed by atoms with Crippen molar-refractivity contribution < 1.29 is 29.0 Å². The molecule has 0 spiro atoms. The van der Waals surface area contributed by atoms with Gasteiger partial charge in [-0.15, -0.1) is 24.5 Å². The Labute approximate surface area is 304 Å². The summed E-state index contributed by atoms with van der Waals surface area (Å²) in [4.78, 5) is 52.0. The van der Waals surface area contributed by atoms with E-state index < -0.39 is 35.4 Å². The number of ether oxygens (including phenoxy) is 2. The van der Waals surface area contributed by atoms with E-state index in [1.165, 1.54) is 19.3 Å². The molecule has 0 radical (unpaired) electrons. The number of aryl methyl sites for hydroxylation is 1. The minimum Gasteiger partial charge on any atom is -0.496 e. The number of nitrogens with zero attached hydrogens (tertiary/aromatic N) is 3. The van der Waals surface area contributed by atoms with Gasteiger partial charge in [-0.25, -0.2) is 14.8 Å². The number of thiazole rings is 1. The number of allylic oxidation sites excluding steroid dienone is 1. The van der Waals surface area contributed by atoms with E-state index in [0.717, 1.165) is 59.3 Å². The molecule has 6 rings (SSSR count). The molecule has 3 aliphatic carbocycles. The number of aromatic nitrogens is 2. The van der Waals surface area contributed by atoms with Crippen LogP contribution in [0.4, 0.5) is 0 Å². The van der Waals surface area contributed by atoms with Crippen LogP contribution in [0.1, 0.15) is 87.1 Å². The zero-order valence-corrected chi connectivity index (χ0v) is 30.8. The average molecular weight is 715 g/mol. The number of benzene rings is 1. The van der Waals surface area contributed by atoms with Crippen molar-refractivity contribution in [2.75, 3.05) is 20.7 Å². The summed E-state index contributed by atoms with van der Waals surface area (Å²) in [5.74, 6) is -1.68. The summed E-state index contributed by atoms with van der Waals surface area (Å²) in [6.45, 7) is 10.1. The van der Waals surface area contributed by atoms with E-state index in [4.69, 9.17) is 19.4 Å². The number of methoxy groups -OCH3 is 1. The Kier molecular flexibility index (Phi) is 11.1. The first-order chi connectivity index (χ1) is 24.6. The van der Waals surface area contributed by atoms with Gasteiger partial charge in [-0.2, -0.15) is 0 Å². The maximum absolute atomic E-state index is 14.0. The molecule has 2 heterocycles. The number of fused-ring (bicyclic) bond motifs is 1. The highest BCUT2D eigenvalue weighted by molar-refractivity contribution is 7.10. The molecule has 1 aromatic carbocycles. The van der Waals surface area contributed by atoms with E-state index in [1.54, 1.807) is 36.5 Å². The number of hydrogen-bond donors (Lipinski definition) is 2. The summed E-state index contributed by atoms with van der Waals surface area (Å²) in [6.07, 6.45) is 12.4. The van der Waals surface area contributed by atoms with Gasteiger partial charge in [-0.05, 0) is 70.4 Å². The van der Waals surface area contributed by atoms with Crippen molar-refractivity contribution in [3.8, 4) is 22.9 Å². The Hall–Kier alpha value is -4.25. The van der Waals surface area contributed by atoms with Gasteiger partial charge in [0.25, 0.3) is 0 Å². The average Bonchev–Trinajstić information content (AvgIpc) is 3.42. The van der Waals surface area contributed by atoms with E-state index >= 15 is 0 Å². The van der Waals surface area contributed by atoms with Crippen molar-refractivity contribution in [1.82, 2.24) is 20.2 Å². The maximum atomic E-state index is 14.0. The highest BCUT2D eigenvalue weighted by Crippen LogP contribution is 2.46. The highest BCUT2D eigenvalue weighted by atomic mass is 32.1. The number of nitrogens with one attached hydrogen (secondary N) is 1. The first-order valence-corrected chi connectivity index (χ1v) is 19.1. The standard InChI is InChI=1S/C40H50N4O6S/c1-6-8-9-13-18-44(4)38(46)30-20-27(19-29(30)36(45)43-40(39(47)48)22-26(40)7-2)50-34-21-31(41-35-24(3)33(49-5)17-16-28(34)35)32-23-51-37(42-32)25-14-11-10-12-15-25/h6-7,16-17,21,23,25-27,29-30H,1-2,8-15,18-20,22H2,3-5H3,(H,43,45)(H,47,48). The number of pyridine rings is 1. The second-order valence-corrected chi connectivity index (χ2v) is 15.4. The zero-order valence-electron chi connectivity index (χ0n) is 30.0. The number of amides is 2. The number of carbonyl (C=O) groups excluding carboxylic acids is 2. The van der Waals surface area contributed by atoms with Crippen molar-refractivity contribution in [2.24, 2.45) is 17.8 Å². The lowest BCUT2D eigenvalue weighted by molar-refractivity contribution is -0.145. The van der Waals surface area contributed by atoms with Crippen LogP contribution in [0.15, 0.2) is 48.9 Å². The summed E-state index contributed by atoms with van der Waals surface area (Å²) < 4.78 is 12.4. The fourth-order valence-electron chi connectivity index (χ4n) is 7.96. The molecule has 272 valence electrons. The summed E-state index contributed by atoms with van der Waals surface area (Å²) in [5.41, 5.74) is 1.71. The van der Waals surface area contributed by atoms with Crippen molar-refractivity contribution in [2.45, 2.75) is 95.1 Å². The normalized spacial score (nSPS) is 24.5. The molecular formula is C40H50N4O6S. The molecular weight excluding hydrogens is 665 g/mol. The van der Waals surface area contributed by atoms with Crippen LogP contribution in [0.3, 0.4) is 0 Å². The minimum atomic E-state index is -1.39. The van der Waals surface area contributed by atoms with Crippen molar-refractivity contribution in [3.63, 3.8) is 0 Å². The van der Waals surface area contributed by atoms with Gasteiger partial charge in [-0.1, -0.05) is 31.4 Å². The van der Waals surface area contributed by atoms with Gasteiger partial charge in [0.1, 0.15) is 23.1 Å². The molecule has 0 saturated heterocycles. The molecule has 3 fully saturated rings. The molecule has 10 nitrogen and oxygen atoms in total. The molecule has 2 aromatic heterocycles. The topological polar surface area (TPSA) is 131 Å². The maximum Gasteiger partial charge on any atom is 0.330 e. The molecule has 2 N–H and O–H groups in total. The second kappa shape index (κ2) is 15.6. The number of carboxylic acid groups (broad SMARTS) is 1. The molecule has 3 aromatic rings. The summed E-state index contributed by atoms with van der Waals surface area (Å²) in [5, 5.41) is 16.8. The van der Waals surface area contributed by atoms with Gasteiger partial charge < -0.3 is 24.8 Å². The fraction of sp³-hybridized carbons (Fsp3) is 0.525. The highest BCUT2D eigenvalue weighted by Gasteiger charge is 2.61. The Morgan fingerprint density at radius 1 is 1.08 bits per heavy atom. The summed E-state index contributed by atoms with van der Waals surface area (Å²) in [6, 6.07) is 5.74. The molecule has 0 bridgehead atoms. The largest absolute Gasteiger partial charge is 0.496 e. The van der Waals surface area contributed by atoms with Gasteiger partial charge >= 0.3 is 5.97 Å². The monoisotopic (exact) mass is 714 g/mol. The molecule has 3 saturated carbocycles. The predicted molar refractivity (Wildman–Crippen MR) is 199 cm³/mol. The molecule has 5 unspecified atom stereocenters. The van der Waals surface area contributed by atoms with Gasteiger partial charge in [0.2, 0.25) is 11.8 Å². The van der Waals surface area contributed by atoms with Crippen LogP contribution >= 0.6 is 11.3 Å².